The second-order valence-electron chi connectivity index (χ2n) is 5.25. The summed E-state index contributed by atoms with van der Waals surface area (Å²) >= 11 is 0. The zero-order valence-electron chi connectivity index (χ0n) is 13.0. The normalized spacial score (nSPS) is 10.6. The first-order valence-electron chi connectivity index (χ1n) is 7.39. The molecule has 0 saturated carbocycles. The molecule has 21 heavy (non-hydrogen) atoms. The molecule has 0 bridgehead atoms. The Balaban J connectivity index is 2.21. The lowest BCUT2D eigenvalue weighted by molar-refractivity contribution is 0.649. The van der Waals surface area contributed by atoms with Crippen molar-refractivity contribution in [3.05, 3.63) is 52.3 Å². The van der Waals surface area contributed by atoms with Gasteiger partial charge in [0.1, 0.15) is 0 Å². The number of nitrogens with zero attached hydrogens (tertiary/aromatic N) is 3. The summed E-state index contributed by atoms with van der Waals surface area (Å²) in [6.07, 6.45) is 1.13. The highest BCUT2D eigenvalue weighted by Crippen LogP contribution is 2.16. The predicted octanol–water partition coefficient (Wildman–Crippen LogP) is 2.92. The Morgan fingerprint density at radius 3 is 2.76 bits per heavy atom. The van der Waals surface area contributed by atoms with Crippen LogP contribution in [0.4, 0.5) is 0 Å². The summed E-state index contributed by atoms with van der Waals surface area (Å²) in [5, 5.41) is 17.2. The van der Waals surface area contributed by atoms with Gasteiger partial charge in [0, 0.05) is 17.8 Å². The average molecular weight is 282 g/mol. The molecule has 1 N–H and O–H groups in total. The Kier molecular flexibility index (Phi) is 5.13. The number of benzene rings is 1. The Bertz CT molecular complexity index is 649. The molecule has 4 heteroatoms. The average Bonchev–Trinajstić information content (AvgIpc) is 2.75. The maximum absolute atomic E-state index is 9.18. The predicted molar refractivity (Wildman–Crippen MR) is 84.0 cm³/mol. The van der Waals surface area contributed by atoms with Gasteiger partial charge in [0.25, 0.3) is 0 Å². The van der Waals surface area contributed by atoms with Gasteiger partial charge < -0.3 is 5.32 Å². The first kappa shape index (κ1) is 15.3. The Morgan fingerprint density at radius 2 is 2.05 bits per heavy atom. The maximum Gasteiger partial charge on any atom is 0.0995 e. The molecule has 2 rings (SSSR count). The SMILES string of the molecule is CCCNCc1c(C)nn(Cc2ccccc2C#N)c1C. The largest absolute Gasteiger partial charge is 0.313 e. The summed E-state index contributed by atoms with van der Waals surface area (Å²) < 4.78 is 1.99. The van der Waals surface area contributed by atoms with Crippen molar-refractivity contribution in [2.75, 3.05) is 6.54 Å². The summed E-state index contributed by atoms with van der Waals surface area (Å²) in [5.41, 5.74) is 5.22. The molecule has 0 spiro atoms. The van der Waals surface area contributed by atoms with E-state index in [9.17, 15) is 5.26 Å². The molecule has 0 aliphatic heterocycles. The summed E-state index contributed by atoms with van der Waals surface area (Å²) in [4.78, 5) is 0. The number of hydrogen-bond acceptors (Lipinski definition) is 3. The highest BCUT2D eigenvalue weighted by molar-refractivity contribution is 5.38. The lowest BCUT2D eigenvalue weighted by atomic mass is 10.1. The van der Waals surface area contributed by atoms with Crippen molar-refractivity contribution in [3.63, 3.8) is 0 Å². The van der Waals surface area contributed by atoms with Crippen LogP contribution in [0.5, 0.6) is 0 Å². The standard InChI is InChI=1S/C17H22N4/c1-4-9-19-11-17-13(2)20-21(14(17)3)12-16-8-6-5-7-15(16)10-18/h5-8,19H,4,9,11-12H2,1-3H3. The van der Waals surface area contributed by atoms with E-state index in [4.69, 9.17) is 0 Å². The van der Waals surface area contributed by atoms with Gasteiger partial charge in [-0.2, -0.15) is 10.4 Å². The minimum absolute atomic E-state index is 0.643. The van der Waals surface area contributed by atoms with Crippen LogP contribution in [-0.4, -0.2) is 16.3 Å². The molecule has 110 valence electrons. The van der Waals surface area contributed by atoms with Gasteiger partial charge in [-0.25, -0.2) is 0 Å². The van der Waals surface area contributed by atoms with E-state index in [-0.39, 0.29) is 0 Å². The number of nitriles is 1. The van der Waals surface area contributed by atoms with E-state index < -0.39 is 0 Å². The molecule has 0 fully saturated rings. The zero-order chi connectivity index (χ0) is 15.2. The van der Waals surface area contributed by atoms with Crippen LogP contribution in [0.2, 0.25) is 0 Å². The number of nitrogens with one attached hydrogen (secondary N) is 1. The lowest BCUT2D eigenvalue weighted by Gasteiger charge is -2.08. The van der Waals surface area contributed by atoms with E-state index in [0.717, 1.165) is 36.3 Å². The van der Waals surface area contributed by atoms with Crippen molar-refractivity contribution in [1.29, 1.82) is 5.26 Å². The first-order chi connectivity index (χ1) is 10.2. The Hall–Kier alpha value is -2.12. The van der Waals surface area contributed by atoms with Gasteiger partial charge in [-0.15, -0.1) is 0 Å². The highest BCUT2D eigenvalue weighted by Gasteiger charge is 2.12. The quantitative estimate of drug-likeness (QED) is 0.829. The van der Waals surface area contributed by atoms with Crippen molar-refractivity contribution in [2.24, 2.45) is 0 Å². The molecule has 0 aliphatic rings. The van der Waals surface area contributed by atoms with Crippen LogP contribution in [-0.2, 0) is 13.1 Å². The summed E-state index contributed by atoms with van der Waals surface area (Å²) in [6, 6.07) is 9.94. The van der Waals surface area contributed by atoms with Crippen molar-refractivity contribution in [1.82, 2.24) is 15.1 Å². The molecule has 1 aromatic heterocycles. The fraction of sp³-hybridized carbons (Fsp3) is 0.412. The van der Waals surface area contributed by atoms with Crippen molar-refractivity contribution in [3.8, 4) is 6.07 Å². The van der Waals surface area contributed by atoms with Crippen molar-refractivity contribution < 1.29 is 0 Å². The van der Waals surface area contributed by atoms with Crippen LogP contribution in [0.25, 0.3) is 0 Å². The van der Waals surface area contributed by atoms with E-state index in [2.05, 4.69) is 30.3 Å². The van der Waals surface area contributed by atoms with Gasteiger partial charge in [-0.3, -0.25) is 4.68 Å². The fourth-order valence-electron chi connectivity index (χ4n) is 2.46. The van der Waals surface area contributed by atoms with E-state index >= 15 is 0 Å². The Labute approximate surface area is 126 Å². The smallest absolute Gasteiger partial charge is 0.0995 e. The molecule has 0 aliphatic carbocycles. The van der Waals surface area contributed by atoms with Crippen LogP contribution in [0.1, 0.15) is 41.4 Å². The molecule has 0 saturated heterocycles. The van der Waals surface area contributed by atoms with E-state index in [1.165, 1.54) is 11.3 Å². The Morgan fingerprint density at radius 1 is 1.29 bits per heavy atom. The third-order valence-corrected chi connectivity index (χ3v) is 3.72. The topological polar surface area (TPSA) is 53.6 Å². The number of aromatic nitrogens is 2. The van der Waals surface area contributed by atoms with E-state index in [1.54, 1.807) is 0 Å². The fourth-order valence-corrected chi connectivity index (χ4v) is 2.46. The third kappa shape index (κ3) is 3.50. The molecule has 0 atom stereocenters. The van der Waals surface area contributed by atoms with Crippen LogP contribution in [0.3, 0.4) is 0 Å². The van der Waals surface area contributed by atoms with Gasteiger partial charge in [0.2, 0.25) is 0 Å². The van der Waals surface area contributed by atoms with Crippen LogP contribution >= 0.6 is 0 Å². The molecule has 2 aromatic rings. The summed E-state index contributed by atoms with van der Waals surface area (Å²) in [7, 11) is 0. The van der Waals surface area contributed by atoms with Gasteiger partial charge >= 0.3 is 0 Å². The molecule has 1 heterocycles. The van der Waals surface area contributed by atoms with Crippen molar-refractivity contribution >= 4 is 0 Å². The number of hydrogen-bond donors (Lipinski definition) is 1. The van der Waals surface area contributed by atoms with Crippen LogP contribution < -0.4 is 5.32 Å². The van der Waals surface area contributed by atoms with Crippen LogP contribution in [0.15, 0.2) is 24.3 Å². The van der Waals surface area contributed by atoms with E-state index in [0.29, 0.717) is 6.54 Å². The molecule has 0 unspecified atom stereocenters. The number of aryl methyl sites for hydroxylation is 1. The second kappa shape index (κ2) is 7.05. The van der Waals surface area contributed by atoms with Gasteiger partial charge in [0.05, 0.1) is 23.9 Å². The third-order valence-electron chi connectivity index (χ3n) is 3.72. The monoisotopic (exact) mass is 282 g/mol. The minimum Gasteiger partial charge on any atom is -0.313 e. The lowest BCUT2D eigenvalue weighted by Crippen LogP contribution is -2.15. The molecule has 0 radical (unpaired) electrons. The molecular weight excluding hydrogens is 260 g/mol. The molecule has 1 aromatic carbocycles. The van der Waals surface area contributed by atoms with Crippen LogP contribution in [0, 0.1) is 25.2 Å². The highest BCUT2D eigenvalue weighted by atomic mass is 15.3. The van der Waals surface area contributed by atoms with Gasteiger partial charge in [-0.1, -0.05) is 25.1 Å². The molecule has 4 nitrogen and oxygen atoms in total. The van der Waals surface area contributed by atoms with E-state index in [1.807, 2.05) is 35.9 Å². The maximum atomic E-state index is 9.18. The van der Waals surface area contributed by atoms with Gasteiger partial charge in [0.15, 0.2) is 0 Å². The summed E-state index contributed by atoms with van der Waals surface area (Å²) in [5.74, 6) is 0. The summed E-state index contributed by atoms with van der Waals surface area (Å²) in [6.45, 7) is 8.81. The zero-order valence-corrected chi connectivity index (χ0v) is 13.0. The minimum atomic E-state index is 0.643. The number of rotatable bonds is 6. The van der Waals surface area contributed by atoms with Crippen molar-refractivity contribution in [2.45, 2.75) is 40.3 Å². The second-order valence-corrected chi connectivity index (χ2v) is 5.25. The first-order valence-corrected chi connectivity index (χ1v) is 7.39. The van der Waals surface area contributed by atoms with Gasteiger partial charge in [-0.05, 0) is 38.4 Å². The molecule has 0 amide bonds. The molecular formula is C17H22N4.